The lowest BCUT2D eigenvalue weighted by Gasteiger charge is -2.22. The standard InChI is InChI=1S/C18H28N2O3/c1-3-19(2)10-15-11-20(12-16(15)13-21)18(23)9-6-14-4-7-17(22)8-5-14/h4-5,7-8,15-16,21-22H,3,6,9-13H2,1-2H3/t15-,16-/m1/s1. The Kier molecular flexibility index (Phi) is 6.42. The predicted molar refractivity (Wildman–Crippen MR) is 90.2 cm³/mol. The summed E-state index contributed by atoms with van der Waals surface area (Å²) in [6.45, 7) is 5.55. The number of hydrogen-bond donors (Lipinski definition) is 2. The van der Waals surface area contributed by atoms with Gasteiger partial charge in [0.25, 0.3) is 0 Å². The Hall–Kier alpha value is -1.59. The van der Waals surface area contributed by atoms with Crippen molar-refractivity contribution in [2.45, 2.75) is 19.8 Å². The van der Waals surface area contributed by atoms with E-state index in [-0.39, 0.29) is 24.2 Å². The fraction of sp³-hybridized carbons (Fsp3) is 0.611. The molecule has 1 aromatic carbocycles. The van der Waals surface area contributed by atoms with Gasteiger partial charge in [0.05, 0.1) is 0 Å². The SMILES string of the molecule is CCN(C)C[C@@H]1CN(C(=O)CCc2ccc(O)cc2)C[C@@H]1CO. The number of nitrogens with zero attached hydrogens (tertiary/aromatic N) is 2. The first-order valence-corrected chi connectivity index (χ1v) is 8.38. The van der Waals surface area contributed by atoms with Gasteiger partial charge in [0.15, 0.2) is 0 Å². The molecule has 1 aromatic rings. The van der Waals surface area contributed by atoms with Crippen LogP contribution in [0.1, 0.15) is 18.9 Å². The molecule has 1 aliphatic rings. The zero-order valence-corrected chi connectivity index (χ0v) is 14.1. The molecule has 0 aliphatic carbocycles. The van der Waals surface area contributed by atoms with Gasteiger partial charge in [-0.25, -0.2) is 0 Å². The van der Waals surface area contributed by atoms with E-state index in [1.807, 2.05) is 17.0 Å². The van der Waals surface area contributed by atoms with E-state index in [1.165, 1.54) is 0 Å². The molecule has 1 heterocycles. The number of hydrogen-bond acceptors (Lipinski definition) is 4. The maximum absolute atomic E-state index is 12.4. The molecule has 0 aromatic heterocycles. The highest BCUT2D eigenvalue weighted by molar-refractivity contribution is 5.76. The van der Waals surface area contributed by atoms with Crippen LogP contribution in [0.25, 0.3) is 0 Å². The van der Waals surface area contributed by atoms with Crippen molar-refractivity contribution in [2.24, 2.45) is 11.8 Å². The zero-order chi connectivity index (χ0) is 16.8. The lowest BCUT2D eigenvalue weighted by molar-refractivity contribution is -0.130. The van der Waals surface area contributed by atoms with Crippen molar-refractivity contribution in [1.29, 1.82) is 0 Å². The van der Waals surface area contributed by atoms with Crippen LogP contribution < -0.4 is 0 Å². The van der Waals surface area contributed by atoms with Crippen molar-refractivity contribution in [1.82, 2.24) is 9.80 Å². The van der Waals surface area contributed by atoms with Crippen LogP contribution in [0.5, 0.6) is 5.75 Å². The summed E-state index contributed by atoms with van der Waals surface area (Å²) in [5.74, 6) is 0.927. The number of aryl methyl sites for hydroxylation is 1. The van der Waals surface area contributed by atoms with Gasteiger partial charge in [-0.05, 0) is 43.6 Å². The molecule has 1 aliphatic heterocycles. The van der Waals surface area contributed by atoms with Crippen LogP contribution in [0.2, 0.25) is 0 Å². The molecular formula is C18H28N2O3. The summed E-state index contributed by atoms with van der Waals surface area (Å²) >= 11 is 0. The minimum absolute atomic E-state index is 0.143. The third kappa shape index (κ3) is 4.94. The molecule has 0 unspecified atom stereocenters. The summed E-state index contributed by atoms with van der Waals surface area (Å²) in [6, 6.07) is 6.99. The van der Waals surface area contributed by atoms with Crippen LogP contribution in [0.4, 0.5) is 0 Å². The number of rotatable bonds is 7. The number of aromatic hydroxyl groups is 1. The Morgan fingerprint density at radius 3 is 2.52 bits per heavy atom. The van der Waals surface area contributed by atoms with Gasteiger partial charge in [-0.15, -0.1) is 0 Å². The second kappa shape index (κ2) is 8.31. The van der Waals surface area contributed by atoms with Crippen LogP contribution >= 0.6 is 0 Å². The van der Waals surface area contributed by atoms with Crippen LogP contribution in [0.3, 0.4) is 0 Å². The third-order valence-corrected chi connectivity index (χ3v) is 4.81. The van der Waals surface area contributed by atoms with E-state index < -0.39 is 0 Å². The Labute approximate surface area is 138 Å². The topological polar surface area (TPSA) is 64.0 Å². The average molecular weight is 320 g/mol. The van der Waals surface area contributed by atoms with Crippen molar-refractivity contribution in [3.05, 3.63) is 29.8 Å². The second-order valence-electron chi connectivity index (χ2n) is 6.52. The quantitative estimate of drug-likeness (QED) is 0.796. The minimum atomic E-state index is 0.143. The number of amides is 1. The highest BCUT2D eigenvalue weighted by atomic mass is 16.3. The first kappa shape index (κ1) is 17.8. The molecular weight excluding hydrogens is 292 g/mol. The Balaban J connectivity index is 1.86. The van der Waals surface area contributed by atoms with Crippen LogP contribution in [0.15, 0.2) is 24.3 Å². The number of carbonyl (C=O) groups excluding carboxylic acids is 1. The number of carbonyl (C=O) groups is 1. The molecule has 0 radical (unpaired) electrons. The Morgan fingerprint density at radius 1 is 1.26 bits per heavy atom. The van der Waals surface area contributed by atoms with E-state index in [1.54, 1.807) is 12.1 Å². The highest BCUT2D eigenvalue weighted by Gasteiger charge is 2.34. The fourth-order valence-corrected chi connectivity index (χ4v) is 3.16. The van der Waals surface area contributed by atoms with Crippen molar-refractivity contribution in [2.75, 3.05) is 39.8 Å². The van der Waals surface area contributed by atoms with Gasteiger partial charge in [0, 0.05) is 38.6 Å². The molecule has 2 N–H and O–H groups in total. The summed E-state index contributed by atoms with van der Waals surface area (Å²) in [4.78, 5) is 16.6. The number of aliphatic hydroxyl groups excluding tert-OH is 1. The number of benzene rings is 1. The molecule has 0 bridgehead atoms. The minimum Gasteiger partial charge on any atom is -0.508 e. The lowest BCUT2D eigenvalue weighted by Crippen LogP contribution is -2.32. The normalized spacial score (nSPS) is 21.1. The molecule has 5 nitrogen and oxygen atoms in total. The number of phenols is 1. The zero-order valence-electron chi connectivity index (χ0n) is 14.1. The molecule has 1 saturated heterocycles. The van der Waals surface area contributed by atoms with Gasteiger partial charge in [-0.2, -0.15) is 0 Å². The summed E-state index contributed by atoms with van der Waals surface area (Å²) in [5, 5.41) is 18.9. The van der Waals surface area contributed by atoms with E-state index in [0.717, 1.165) is 25.2 Å². The number of phenolic OH excluding ortho intramolecular Hbond substituents is 1. The van der Waals surface area contributed by atoms with Crippen molar-refractivity contribution in [3.8, 4) is 5.75 Å². The molecule has 2 atom stereocenters. The first-order valence-electron chi connectivity index (χ1n) is 8.38. The van der Waals surface area contributed by atoms with Crippen molar-refractivity contribution >= 4 is 5.91 Å². The smallest absolute Gasteiger partial charge is 0.222 e. The van der Waals surface area contributed by atoms with Crippen LogP contribution in [-0.4, -0.2) is 65.8 Å². The predicted octanol–water partition coefficient (Wildman–Crippen LogP) is 1.34. The summed E-state index contributed by atoms with van der Waals surface area (Å²) in [5.41, 5.74) is 1.05. The lowest BCUT2D eigenvalue weighted by atomic mass is 9.96. The monoisotopic (exact) mass is 320 g/mol. The largest absolute Gasteiger partial charge is 0.508 e. The van der Waals surface area contributed by atoms with Crippen molar-refractivity contribution < 1.29 is 15.0 Å². The molecule has 128 valence electrons. The van der Waals surface area contributed by atoms with Crippen LogP contribution in [0, 0.1) is 11.8 Å². The highest BCUT2D eigenvalue weighted by Crippen LogP contribution is 2.25. The molecule has 5 heteroatoms. The third-order valence-electron chi connectivity index (χ3n) is 4.81. The van der Waals surface area contributed by atoms with Gasteiger partial charge >= 0.3 is 0 Å². The first-order chi connectivity index (χ1) is 11.0. The second-order valence-corrected chi connectivity index (χ2v) is 6.52. The van der Waals surface area contributed by atoms with E-state index in [2.05, 4.69) is 18.9 Å². The Bertz CT molecular complexity index is 503. The molecule has 1 fully saturated rings. The van der Waals surface area contributed by atoms with E-state index >= 15 is 0 Å². The summed E-state index contributed by atoms with van der Waals surface area (Å²) in [7, 11) is 2.07. The molecule has 0 spiro atoms. The molecule has 0 saturated carbocycles. The Morgan fingerprint density at radius 2 is 1.91 bits per heavy atom. The van der Waals surface area contributed by atoms with E-state index in [4.69, 9.17) is 0 Å². The number of likely N-dealkylation sites (tertiary alicyclic amines) is 1. The maximum atomic E-state index is 12.4. The van der Waals surface area contributed by atoms with E-state index in [0.29, 0.717) is 25.3 Å². The summed E-state index contributed by atoms with van der Waals surface area (Å²) < 4.78 is 0. The summed E-state index contributed by atoms with van der Waals surface area (Å²) in [6.07, 6.45) is 1.15. The molecule has 23 heavy (non-hydrogen) atoms. The van der Waals surface area contributed by atoms with Crippen molar-refractivity contribution in [3.63, 3.8) is 0 Å². The molecule has 1 amide bonds. The van der Waals surface area contributed by atoms with Crippen LogP contribution in [-0.2, 0) is 11.2 Å². The van der Waals surface area contributed by atoms with Gasteiger partial charge in [-0.1, -0.05) is 19.1 Å². The number of aliphatic hydroxyl groups is 1. The van der Waals surface area contributed by atoms with Gasteiger partial charge in [0.2, 0.25) is 5.91 Å². The van der Waals surface area contributed by atoms with Gasteiger partial charge in [0.1, 0.15) is 5.75 Å². The maximum Gasteiger partial charge on any atom is 0.222 e. The van der Waals surface area contributed by atoms with Gasteiger partial charge in [-0.3, -0.25) is 4.79 Å². The van der Waals surface area contributed by atoms with Gasteiger partial charge < -0.3 is 20.0 Å². The molecule has 2 rings (SSSR count). The fourth-order valence-electron chi connectivity index (χ4n) is 3.16. The average Bonchev–Trinajstić information content (AvgIpc) is 2.96. The van der Waals surface area contributed by atoms with E-state index in [9.17, 15) is 15.0 Å².